The lowest BCUT2D eigenvalue weighted by atomic mass is 9.86. The van der Waals surface area contributed by atoms with Gasteiger partial charge in [0.15, 0.2) is 6.20 Å². The van der Waals surface area contributed by atoms with Crippen molar-refractivity contribution in [1.82, 2.24) is 0 Å². The summed E-state index contributed by atoms with van der Waals surface area (Å²) in [4.78, 5) is 0. The predicted molar refractivity (Wildman–Crippen MR) is 120 cm³/mol. The number of rotatable bonds is 7. The van der Waals surface area contributed by atoms with Crippen LogP contribution in [0.2, 0.25) is 0 Å². The van der Waals surface area contributed by atoms with Crippen LogP contribution < -0.4 is 4.57 Å². The molecule has 1 atom stereocenters. The van der Waals surface area contributed by atoms with Crippen LogP contribution in [0.15, 0.2) is 66.9 Å². The van der Waals surface area contributed by atoms with E-state index in [0.717, 1.165) is 12.8 Å². The van der Waals surface area contributed by atoms with Crippen LogP contribution in [0.5, 0.6) is 0 Å². The first-order valence-electron chi connectivity index (χ1n) is 11.0. The maximum absolute atomic E-state index is 2.53. The molecule has 0 fully saturated rings. The van der Waals surface area contributed by atoms with Gasteiger partial charge in [0.25, 0.3) is 0 Å². The van der Waals surface area contributed by atoms with Crippen LogP contribution in [-0.4, -0.2) is 0 Å². The Balaban J connectivity index is 1.93. The molecule has 28 heavy (non-hydrogen) atoms. The van der Waals surface area contributed by atoms with Gasteiger partial charge in [0.1, 0.15) is 0 Å². The van der Waals surface area contributed by atoms with E-state index >= 15 is 0 Å². The van der Waals surface area contributed by atoms with Gasteiger partial charge in [0, 0.05) is 18.1 Å². The van der Waals surface area contributed by atoms with Gasteiger partial charge in [-0.2, -0.15) is 4.57 Å². The summed E-state index contributed by atoms with van der Waals surface area (Å²) in [5, 5.41) is 2.73. The number of allylic oxidation sites excluding steroid dienone is 2. The lowest BCUT2D eigenvalue weighted by Gasteiger charge is -2.21. The summed E-state index contributed by atoms with van der Waals surface area (Å²) < 4.78 is 2.53. The second-order valence-corrected chi connectivity index (χ2v) is 8.07. The SMILES string of the molecule is CCCC=CC1(CC)c2ccccc2-c2c3ccc(CCCC)cc3cc[n+]21. The number of aryl methyl sites for hydroxylation is 1. The normalized spacial score (nSPS) is 18.0. The predicted octanol–water partition coefficient (Wildman–Crippen LogP) is 6.96. The van der Waals surface area contributed by atoms with Crippen molar-refractivity contribution >= 4 is 10.8 Å². The molecule has 0 saturated carbocycles. The maximum Gasteiger partial charge on any atom is 0.221 e. The molecule has 144 valence electrons. The largest absolute Gasteiger partial charge is 0.221 e. The molecule has 1 unspecified atom stereocenters. The quantitative estimate of drug-likeness (QED) is 0.312. The molecule has 0 N–H and O–H groups in total. The fourth-order valence-electron chi connectivity index (χ4n) is 4.76. The maximum atomic E-state index is 2.53. The zero-order chi connectivity index (χ0) is 19.6. The van der Waals surface area contributed by atoms with Crippen LogP contribution in [0.3, 0.4) is 0 Å². The van der Waals surface area contributed by atoms with Crippen molar-refractivity contribution in [2.45, 2.75) is 64.8 Å². The molecule has 2 heterocycles. The van der Waals surface area contributed by atoms with Gasteiger partial charge in [-0.3, -0.25) is 0 Å². The first kappa shape index (κ1) is 18.9. The van der Waals surface area contributed by atoms with Gasteiger partial charge in [0.2, 0.25) is 11.2 Å². The highest BCUT2D eigenvalue weighted by atomic mass is 15.1. The van der Waals surface area contributed by atoms with E-state index in [4.69, 9.17) is 0 Å². The third kappa shape index (κ3) is 2.98. The lowest BCUT2D eigenvalue weighted by molar-refractivity contribution is -0.726. The molecule has 0 aliphatic carbocycles. The van der Waals surface area contributed by atoms with E-state index in [-0.39, 0.29) is 5.54 Å². The number of nitrogens with zero attached hydrogens (tertiary/aromatic N) is 1. The minimum Gasteiger partial charge on any atom is -0.184 e. The van der Waals surface area contributed by atoms with Gasteiger partial charge in [-0.05, 0) is 48.4 Å². The summed E-state index contributed by atoms with van der Waals surface area (Å²) in [6.07, 6.45) is 14.2. The average Bonchev–Trinajstić information content (AvgIpc) is 3.03. The number of aromatic nitrogens is 1. The number of hydrogen-bond donors (Lipinski definition) is 0. The first-order valence-corrected chi connectivity index (χ1v) is 11.0. The smallest absolute Gasteiger partial charge is 0.184 e. The van der Waals surface area contributed by atoms with Gasteiger partial charge in [-0.1, -0.05) is 70.0 Å². The van der Waals surface area contributed by atoms with E-state index in [1.807, 2.05) is 0 Å². The van der Waals surface area contributed by atoms with Crippen molar-refractivity contribution < 1.29 is 4.57 Å². The van der Waals surface area contributed by atoms with Crippen LogP contribution in [-0.2, 0) is 12.0 Å². The van der Waals surface area contributed by atoms with E-state index in [9.17, 15) is 0 Å². The highest BCUT2D eigenvalue weighted by Gasteiger charge is 2.48. The molecule has 0 saturated heterocycles. The summed E-state index contributed by atoms with van der Waals surface area (Å²) in [5.41, 5.74) is 5.58. The second-order valence-electron chi connectivity index (χ2n) is 8.07. The van der Waals surface area contributed by atoms with Crippen molar-refractivity contribution in [3.05, 3.63) is 78.0 Å². The van der Waals surface area contributed by atoms with Gasteiger partial charge in [-0.25, -0.2) is 0 Å². The monoisotopic (exact) mass is 370 g/mol. The van der Waals surface area contributed by atoms with Crippen molar-refractivity contribution in [2.24, 2.45) is 0 Å². The Morgan fingerprint density at radius 1 is 0.964 bits per heavy atom. The topological polar surface area (TPSA) is 3.88 Å². The Morgan fingerprint density at radius 3 is 2.61 bits per heavy atom. The molecule has 2 aromatic carbocycles. The molecule has 1 heteroatoms. The molecule has 0 amide bonds. The molecular weight excluding hydrogens is 338 g/mol. The molecule has 1 nitrogen and oxygen atoms in total. The Labute approximate surface area is 169 Å². The highest BCUT2D eigenvalue weighted by Crippen LogP contribution is 2.43. The minimum atomic E-state index is -0.0732. The number of unbranched alkanes of at least 4 members (excludes halogenated alkanes) is 2. The average molecular weight is 371 g/mol. The van der Waals surface area contributed by atoms with E-state index in [2.05, 4.69) is 92.2 Å². The number of pyridine rings is 1. The summed E-state index contributed by atoms with van der Waals surface area (Å²) in [6.45, 7) is 6.82. The number of fused-ring (bicyclic) bond motifs is 5. The second kappa shape index (κ2) is 7.91. The molecule has 3 aromatic rings. The van der Waals surface area contributed by atoms with Gasteiger partial charge >= 0.3 is 0 Å². The highest BCUT2D eigenvalue weighted by molar-refractivity contribution is 5.95. The Bertz CT molecular complexity index is 1010. The molecule has 0 radical (unpaired) electrons. The Hall–Kier alpha value is -2.41. The first-order chi connectivity index (χ1) is 13.7. The lowest BCUT2D eigenvalue weighted by Crippen LogP contribution is -2.53. The van der Waals surface area contributed by atoms with E-state index in [0.29, 0.717) is 0 Å². The number of benzene rings is 2. The van der Waals surface area contributed by atoms with Crippen molar-refractivity contribution in [2.75, 3.05) is 0 Å². The zero-order valence-electron chi connectivity index (χ0n) is 17.5. The summed E-state index contributed by atoms with van der Waals surface area (Å²) in [5.74, 6) is 0. The molecule has 0 spiro atoms. The van der Waals surface area contributed by atoms with Crippen LogP contribution >= 0.6 is 0 Å². The van der Waals surface area contributed by atoms with E-state index in [1.165, 1.54) is 58.8 Å². The van der Waals surface area contributed by atoms with Gasteiger partial charge in [-0.15, -0.1) is 0 Å². The molecule has 0 bridgehead atoms. The minimum absolute atomic E-state index is 0.0732. The zero-order valence-corrected chi connectivity index (χ0v) is 17.5. The molecule has 4 rings (SSSR count). The fraction of sp³-hybridized carbons (Fsp3) is 0.370. The van der Waals surface area contributed by atoms with Crippen molar-refractivity contribution in [3.63, 3.8) is 0 Å². The van der Waals surface area contributed by atoms with Gasteiger partial charge < -0.3 is 0 Å². The van der Waals surface area contributed by atoms with Crippen LogP contribution in [0.25, 0.3) is 22.0 Å². The van der Waals surface area contributed by atoms with Crippen LogP contribution in [0, 0.1) is 0 Å². The fourth-order valence-corrected chi connectivity index (χ4v) is 4.76. The van der Waals surface area contributed by atoms with Crippen molar-refractivity contribution in [1.29, 1.82) is 0 Å². The molecule has 1 aromatic heterocycles. The Morgan fingerprint density at radius 2 is 1.82 bits per heavy atom. The van der Waals surface area contributed by atoms with Crippen molar-refractivity contribution in [3.8, 4) is 11.3 Å². The number of hydrogen-bond acceptors (Lipinski definition) is 0. The van der Waals surface area contributed by atoms with Crippen LogP contribution in [0.1, 0.15) is 64.0 Å². The third-order valence-corrected chi connectivity index (χ3v) is 6.30. The Kier molecular flexibility index (Phi) is 5.35. The summed E-state index contributed by atoms with van der Waals surface area (Å²) >= 11 is 0. The van der Waals surface area contributed by atoms with Crippen LogP contribution in [0.4, 0.5) is 0 Å². The summed E-state index contributed by atoms with van der Waals surface area (Å²) in [6, 6.07) is 18.4. The van der Waals surface area contributed by atoms with Gasteiger partial charge in [0.05, 0.1) is 10.9 Å². The van der Waals surface area contributed by atoms with E-state index < -0.39 is 0 Å². The van der Waals surface area contributed by atoms with E-state index in [1.54, 1.807) is 0 Å². The third-order valence-electron chi connectivity index (χ3n) is 6.30. The summed E-state index contributed by atoms with van der Waals surface area (Å²) in [7, 11) is 0. The molecule has 1 aliphatic heterocycles. The molecular formula is C27H32N+. The molecule has 1 aliphatic rings. The standard InChI is InChI=1S/C27H32N/c1-4-7-11-18-27(6-3)25-14-10-9-13-24(25)26-23-16-15-21(12-8-5-2)20-22(23)17-19-28(26)27/h9-11,13-20H,4-8,12H2,1-3H3/q+1.